The number of anilines is 3. The van der Waals surface area contributed by atoms with Crippen molar-refractivity contribution in [3.63, 3.8) is 0 Å². The Morgan fingerprint density at radius 2 is 1.97 bits per heavy atom. The van der Waals surface area contributed by atoms with Crippen molar-refractivity contribution in [2.24, 2.45) is 0 Å². The van der Waals surface area contributed by atoms with Gasteiger partial charge in [0, 0.05) is 44.9 Å². The van der Waals surface area contributed by atoms with Crippen molar-refractivity contribution in [3.05, 3.63) is 51.6 Å². The number of hydrogen-bond acceptors (Lipinski definition) is 7. The second-order valence-corrected chi connectivity index (χ2v) is 7.91. The summed E-state index contributed by atoms with van der Waals surface area (Å²) in [5.74, 6) is 0.937. The number of likely N-dealkylation sites (N-methyl/N-ethyl adjacent to an activating group) is 1. The van der Waals surface area contributed by atoms with Crippen molar-refractivity contribution >= 4 is 28.9 Å². The van der Waals surface area contributed by atoms with Crippen molar-refractivity contribution in [2.75, 3.05) is 43.4 Å². The standard InChI is InChI=1S/C21H26N6O3/c1-14(28)22-18-6-3-15-13-16(4-5-17(15)18)23-21-19(27(29)30)7-8-20(24-21)26-11-9-25(2)10-12-26/h4-5,7-8,13,18H,3,6,9-12H2,1-2H3,(H,22,28)(H,23,24)/t18-/m0/s1. The summed E-state index contributed by atoms with van der Waals surface area (Å²) in [4.78, 5) is 31.5. The predicted molar refractivity (Wildman–Crippen MR) is 115 cm³/mol. The number of aryl methyl sites for hydroxylation is 1. The molecule has 4 rings (SSSR count). The Labute approximate surface area is 175 Å². The summed E-state index contributed by atoms with van der Waals surface area (Å²) in [5.41, 5.74) is 2.94. The van der Waals surface area contributed by atoms with Gasteiger partial charge in [-0.2, -0.15) is 0 Å². The fourth-order valence-electron chi connectivity index (χ4n) is 4.12. The highest BCUT2D eigenvalue weighted by molar-refractivity contribution is 5.74. The molecule has 1 atom stereocenters. The van der Waals surface area contributed by atoms with Gasteiger partial charge in [-0.3, -0.25) is 14.9 Å². The van der Waals surface area contributed by atoms with E-state index in [1.54, 1.807) is 6.07 Å². The van der Waals surface area contributed by atoms with E-state index in [2.05, 4.69) is 32.5 Å². The van der Waals surface area contributed by atoms with Crippen LogP contribution in [0.1, 0.15) is 30.5 Å². The van der Waals surface area contributed by atoms with Crippen LogP contribution in [0.2, 0.25) is 0 Å². The van der Waals surface area contributed by atoms with Crippen molar-refractivity contribution in [3.8, 4) is 0 Å². The van der Waals surface area contributed by atoms with Crippen LogP contribution < -0.4 is 15.5 Å². The molecular weight excluding hydrogens is 384 g/mol. The fourth-order valence-corrected chi connectivity index (χ4v) is 4.12. The average Bonchev–Trinajstić information content (AvgIpc) is 3.09. The maximum atomic E-state index is 11.5. The highest BCUT2D eigenvalue weighted by atomic mass is 16.6. The summed E-state index contributed by atoms with van der Waals surface area (Å²) in [6.07, 6.45) is 1.71. The Hall–Kier alpha value is -3.20. The summed E-state index contributed by atoms with van der Waals surface area (Å²) in [7, 11) is 2.08. The minimum absolute atomic E-state index is 0.0274. The average molecular weight is 410 g/mol. The third kappa shape index (κ3) is 4.20. The largest absolute Gasteiger partial charge is 0.354 e. The van der Waals surface area contributed by atoms with Gasteiger partial charge in [0.05, 0.1) is 11.0 Å². The van der Waals surface area contributed by atoms with Crippen LogP contribution in [0.15, 0.2) is 30.3 Å². The van der Waals surface area contributed by atoms with Gasteiger partial charge in [-0.15, -0.1) is 0 Å². The first kappa shape index (κ1) is 20.1. The second-order valence-electron chi connectivity index (χ2n) is 7.91. The number of benzene rings is 1. The van der Waals surface area contributed by atoms with E-state index in [1.807, 2.05) is 18.2 Å². The number of piperazine rings is 1. The van der Waals surface area contributed by atoms with Crippen LogP contribution in [0.3, 0.4) is 0 Å². The van der Waals surface area contributed by atoms with Gasteiger partial charge >= 0.3 is 5.69 Å². The third-order valence-electron chi connectivity index (χ3n) is 5.74. The lowest BCUT2D eigenvalue weighted by atomic mass is 10.1. The second kappa shape index (κ2) is 8.27. The van der Waals surface area contributed by atoms with Gasteiger partial charge in [-0.1, -0.05) is 6.07 Å². The van der Waals surface area contributed by atoms with Gasteiger partial charge in [-0.05, 0) is 49.2 Å². The van der Waals surface area contributed by atoms with E-state index in [4.69, 9.17) is 0 Å². The zero-order valence-corrected chi connectivity index (χ0v) is 17.2. The van der Waals surface area contributed by atoms with E-state index >= 15 is 0 Å². The molecule has 2 N–H and O–H groups in total. The Balaban J connectivity index is 1.58. The van der Waals surface area contributed by atoms with E-state index in [0.29, 0.717) is 0 Å². The molecule has 9 nitrogen and oxygen atoms in total. The van der Waals surface area contributed by atoms with Crippen molar-refractivity contribution in [1.29, 1.82) is 0 Å². The number of fused-ring (bicyclic) bond motifs is 1. The van der Waals surface area contributed by atoms with Crippen LogP contribution in [0.5, 0.6) is 0 Å². The van der Waals surface area contributed by atoms with E-state index in [1.165, 1.54) is 13.0 Å². The lowest BCUT2D eigenvalue weighted by Crippen LogP contribution is -2.44. The molecule has 0 saturated carbocycles. The third-order valence-corrected chi connectivity index (χ3v) is 5.74. The lowest BCUT2D eigenvalue weighted by molar-refractivity contribution is -0.384. The van der Waals surface area contributed by atoms with Gasteiger partial charge in [0.25, 0.3) is 0 Å². The lowest BCUT2D eigenvalue weighted by Gasteiger charge is -2.33. The van der Waals surface area contributed by atoms with Crippen molar-refractivity contribution in [1.82, 2.24) is 15.2 Å². The van der Waals surface area contributed by atoms with Crippen LogP contribution in [-0.2, 0) is 11.2 Å². The molecule has 0 radical (unpaired) electrons. The molecule has 0 spiro atoms. The maximum absolute atomic E-state index is 11.5. The minimum atomic E-state index is -0.413. The first-order valence-electron chi connectivity index (χ1n) is 10.2. The molecule has 1 aliphatic heterocycles. The van der Waals surface area contributed by atoms with E-state index < -0.39 is 4.92 Å². The summed E-state index contributed by atoms with van der Waals surface area (Å²) >= 11 is 0. The quantitative estimate of drug-likeness (QED) is 0.577. The first-order chi connectivity index (χ1) is 14.4. The smallest absolute Gasteiger partial charge is 0.311 e. The molecule has 158 valence electrons. The molecule has 1 aromatic carbocycles. The number of carbonyl (C=O) groups is 1. The molecule has 1 aromatic heterocycles. The molecular formula is C21H26N6O3. The van der Waals surface area contributed by atoms with Gasteiger partial charge in [0.15, 0.2) is 0 Å². The highest BCUT2D eigenvalue weighted by Gasteiger charge is 2.24. The number of rotatable bonds is 5. The van der Waals surface area contributed by atoms with Crippen LogP contribution in [0.4, 0.5) is 23.0 Å². The van der Waals surface area contributed by atoms with E-state index in [0.717, 1.165) is 61.7 Å². The SMILES string of the molecule is CC(=O)N[C@H]1CCc2cc(Nc3nc(N4CCN(C)CC4)ccc3[N+](=O)[O-])ccc21. The summed E-state index contributed by atoms with van der Waals surface area (Å²) in [6, 6.07) is 9.11. The highest BCUT2D eigenvalue weighted by Crippen LogP contribution is 2.35. The number of nitrogens with one attached hydrogen (secondary N) is 2. The Morgan fingerprint density at radius 3 is 2.67 bits per heavy atom. The number of nitro groups is 1. The number of amides is 1. The van der Waals surface area contributed by atoms with Crippen LogP contribution >= 0.6 is 0 Å². The van der Waals surface area contributed by atoms with Gasteiger partial charge < -0.3 is 20.4 Å². The normalized spacial score (nSPS) is 18.7. The molecule has 30 heavy (non-hydrogen) atoms. The number of aromatic nitrogens is 1. The summed E-state index contributed by atoms with van der Waals surface area (Å²) in [5, 5.41) is 17.7. The van der Waals surface area contributed by atoms with Gasteiger partial charge in [0.1, 0.15) is 5.82 Å². The molecule has 1 aliphatic carbocycles. The minimum Gasteiger partial charge on any atom is -0.354 e. The number of pyridine rings is 1. The van der Waals surface area contributed by atoms with Crippen molar-refractivity contribution in [2.45, 2.75) is 25.8 Å². The first-order valence-corrected chi connectivity index (χ1v) is 10.2. The maximum Gasteiger partial charge on any atom is 0.311 e. The number of hydrogen-bond donors (Lipinski definition) is 2. The Morgan fingerprint density at radius 1 is 1.20 bits per heavy atom. The molecule has 0 bridgehead atoms. The molecule has 1 amide bonds. The topological polar surface area (TPSA) is 104 Å². The van der Waals surface area contributed by atoms with Crippen LogP contribution in [0, 0.1) is 10.1 Å². The molecule has 0 unspecified atom stereocenters. The van der Waals surface area contributed by atoms with Crippen molar-refractivity contribution < 1.29 is 9.72 Å². The molecule has 1 saturated heterocycles. The van der Waals surface area contributed by atoms with Gasteiger partial charge in [-0.25, -0.2) is 4.98 Å². The van der Waals surface area contributed by atoms with Crippen LogP contribution in [-0.4, -0.2) is 53.9 Å². The number of carbonyl (C=O) groups excluding carboxylic acids is 1. The fraction of sp³-hybridized carbons (Fsp3) is 0.429. The summed E-state index contributed by atoms with van der Waals surface area (Å²) < 4.78 is 0. The number of nitrogens with zero attached hydrogens (tertiary/aromatic N) is 4. The zero-order chi connectivity index (χ0) is 21.3. The molecule has 2 aliphatic rings. The predicted octanol–water partition coefficient (Wildman–Crippen LogP) is 2.61. The monoisotopic (exact) mass is 410 g/mol. The molecule has 9 heteroatoms. The Bertz CT molecular complexity index is 971. The van der Waals surface area contributed by atoms with Gasteiger partial charge in [0.2, 0.25) is 11.7 Å². The van der Waals surface area contributed by atoms with Crippen LogP contribution in [0.25, 0.3) is 0 Å². The molecule has 2 aromatic rings. The van der Waals surface area contributed by atoms with E-state index in [-0.39, 0.29) is 23.5 Å². The summed E-state index contributed by atoms with van der Waals surface area (Å²) in [6.45, 7) is 5.06. The Kier molecular flexibility index (Phi) is 5.54. The van der Waals surface area contributed by atoms with E-state index in [9.17, 15) is 14.9 Å². The molecule has 1 fully saturated rings. The zero-order valence-electron chi connectivity index (χ0n) is 17.2. The molecule has 2 heterocycles.